The Morgan fingerprint density at radius 3 is 2.79 bits per heavy atom. The van der Waals surface area contributed by atoms with Gasteiger partial charge >= 0.3 is 0 Å². The molecule has 3 rings (SSSR count). The molecule has 1 aromatic carbocycles. The van der Waals surface area contributed by atoms with Crippen molar-refractivity contribution in [3.05, 3.63) is 51.6 Å². The molecule has 1 aliphatic rings. The van der Waals surface area contributed by atoms with Crippen LogP contribution in [0.2, 0.25) is 5.15 Å². The minimum atomic E-state index is -0.256. The van der Waals surface area contributed by atoms with Gasteiger partial charge in [0.2, 0.25) is 0 Å². The first-order chi connectivity index (χ1) is 11.4. The maximum Gasteiger partial charge on any atom is 0.251 e. The lowest BCUT2D eigenvalue weighted by Gasteiger charge is -2.30. The van der Waals surface area contributed by atoms with Crippen LogP contribution in [-0.4, -0.2) is 22.2 Å². The maximum atomic E-state index is 13.6. The summed E-state index contributed by atoms with van der Waals surface area (Å²) in [4.78, 5) is 14.4. The highest BCUT2D eigenvalue weighted by molar-refractivity contribution is 6.31. The number of fused-ring (bicyclic) bond motifs is 1. The van der Waals surface area contributed by atoms with Crippen LogP contribution in [0.3, 0.4) is 0 Å². The number of hydrogen-bond acceptors (Lipinski definition) is 2. The van der Waals surface area contributed by atoms with Crippen molar-refractivity contribution in [1.29, 1.82) is 0 Å². The van der Waals surface area contributed by atoms with E-state index in [1.54, 1.807) is 22.7 Å². The van der Waals surface area contributed by atoms with E-state index in [1.165, 1.54) is 18.2 Å². The van der Waals surface area contributed by atoms with Crippen LogP contribution in [0.1, 0.15) is 28.8 Å². The fourth-order valence-corrected chi connectivity index (χ4v) is 3.46. The average Bonchev–Trinajstić information content (AvgIpc) is 2.77. The highest BCUT2D eigenvalue weighted by atomic mass is 35.5. The quantitative estimate of drug-likeness (QED) is 0.774. The largest absolute Gasteiger partial charge is 0.308 e. The van der Waals surface area contributed by atoms with Gasteiger partial charge in [-0.3, -0.25) is 9.48 Å². The van der Waals surface area contributed by atoms with E-state index in [2.05, 4.69) is 5.10 Å². The third kappa shape index (κ3) is 2.96. The zero-order valence-electron chi connectivity index (χ0n) is 13.9. The number of anilines is 1. The highest BCUT2D eigenvalue weighted by Crippen LogP contribution is 2.32. The van der Waals surface area contributed by atoms with Gasteiger partial charge in [-0.15, -0.1) is 0 Å². The molecule has 0 bridgehead atoms. The molecule has 0 radical (unpaired) electrons. The number of carbonyl (C=O) groups is 1. The van der Waals surface area contributed by atoms with Crippen molar-refractivity contribution in [3.63, 3.8) is 0 Å². The lowest BCUT2D eigenvalue weighted by molar-refractivity contribution is -0.114. The van der Waals surface area contributed by atoms with Gasteiger partial charge in [0.15, 0.2) is 0 Å². The maximum absolute atomic E-state index is 13.6. The summed E-state index contributed by atoms with van der Waals surface area (Å²) < 4.78 is 15.2. The molecule has 126 valence electrons. The number of amides is 1. The molecule has 2 heterocycles. The van der Waals surface area contributed by atoms with E-state index in [-0.39, 0.29) is 11.7 Å². The Hall–Kier alpha value is -2.14. The lowest BCUT2D eigenvalue weighted by Crippen LogP contribution is -2.35. The average molecular weight is 348 g/mol. The third-order valence-electron chi connectivity index (χ3n) is 4.30. The number of aryl methyl sites for hydroxylation is 4. The number of nitrogens with zero attached hydrogens (tertiary/aromatic N) is 3. The van der Waals surface area contributed by atoms with E-state index in [4.69, 9.17) is 11.6 Å². The normalized spacial score (nSPS) is 14.3. The predicted molar refractivity (Wildman–Crippen MR) is 93.8 cm³/mol. The summed E-state index contributed by atoms with van der Waals surface area (Å²) in [6, 6.07) is 2.99. The van der Waals surface area contributed by atoms with Crippen molar-refractivity contribution in [2.75, 3.05) is 11.4 Å². The Morgan fingerprint density at radius 2 is 2.12 bits per heavy atom. The topological polar surface area (TPSA) is 38.1 Å². The van der Waals surface area contributed by atoms with Gasteiger partial charge in [0.25, 0.3) is 5.91 Å². The Kier molecular flexibility index (Phi) is 4.45. The van der Waals surface area contributed by atoms with Crippen LogP contribution in [0.25, 0.3) is 6.08 Å². The second-order valence-electron chi connectivity index (χ2n) is 6.07. The summed E-state index contributed by atoms with van der Waals surface area (Å²) in [6.45, 7) is 4.31. The molecule has 6 heteroatoms. The van der Waals surface area contributed by atoms with Gasteiger partial charge in [-0.05, 0) is 56.0 Å². The van der Waals surface area contributed by atoms with Crippen LogP contribution in [0.15, 0.2) is 18.2 Å². The monoisotopic (exact) mass is 347 g/mol. The Balaban J connectivity index is 1.91. The molecule has 0 saturated carbocycles. The number of halogens is 2. The summed E-state index contributed by atoms with van der Waals surface area (Å²) in [5.41, 5.74) is 3.99. The van der Waals surface area contributed by atoms with Gasteiger partial charge in [0, 0.05) is 25.2 Å². The first-order valence-electron chi connectivity index (χ1n) is 7.86. The van der Waals surface area contributed by atoms with E-state index in [9.17, 15) is 9.18 Å². The van der Waals surface area contributed by atoms with Gasteiger partial charge < -0.3 is 4.90 Å². The minimum absolute atomic E-state index is 0.134. The van der Waals surface area contributed by atoms with Crippen LogP contribution in [0.4, 0.5) is 10.1 Å². The zero-order chi connectivity index (χ0) is 17.4. The van der Waals surface area contributed by atoms with E-state index in [0.717, 1.165) is 40.9 Å². The van der Waals surface area contributed by atoms with Crippen LogP contribution in [-0.2, 0) is 18.3 Å². The van der Waals surface area contributed by atoms with Crippen LogP contribution < -0.4 is 4.90 Å². The zero-order valence-corrected chi connectivity index (χ0v) is 14.7. The number of hydrogen-bond donors (Lipinski definition) is 0. The van der Waals surface area contributed by atoms with Crippen LogP contribution in [0, 0.1) is 19.7 Å². The van der Waals surface area contributed by atoms with E-state index in [0.29, 0.717) is 11.7 Å². The molecule has 1 aromatic heterocycles. The molecule has 1 aliphatic heterocycles. The third-order valence-corrected chi connectivity index (χ3v) is 4.74. The van der Waals surface area contributed by atoms with Crippen molar-refractivity contribution < 1.29 is 9.18 Å². The number of rotatable bonds is 2. The molecular formula is C18H19ClFN3O. The molecule has 0 spiro atoms. The van der Waals surface area contributed by atoms with Gasteiger partial charge in [0.1, 0.15) is 11.0 Å². The molecule has 24 heavy (non-hydrogen) atoms. The molecule has 0 atom stereocenters. The predicted octanol–water partition coefficient (Wildman–Crippen LogP) is 3.82. The van der Waals surface area contributed by atoms with Gasteiger partial charge in [0.05, 0.1) is 11.4 Å². The first kappa shape index (κ1) is 16.7. The smallest absolute Gasteiger partial charge is 0.251 e. The highest BCUT2D eigenvalue weighted by Gasteiger charge is 2.23. The van der Waals surface area contributed by atoms with Gasteiger partial charge in [-0.2, -0.15) is 5.10 Å². The number of aromatic nitrogens is 2. The van der Waals surface area contributed by atoms with Crippen molar-refractivity contribution in [2.24, 2.45) is 7.05 Å². The van der Waals surface area contributed by atoms with Crippen molar-refractivity contribution in [3.8, 4) is 0 Å². The Bertz CT molecular complexity index is 841. The number of carbonyl (C=O) groups excluding carboxylic acids is 1. The van der Waals surface area contributed by atoms with Gasteiger partial charge in [-0.25, -0.2) is 4.39 Å². The van der Waals surface area contributed by atoms with E-state index < -0.39 is 0 Å². The van der Waals surface area contributed by atoms with E-state index in [1.807, 2.05) is 13.8 Å². The summed E-state index contributed by atoms with van der Waals surface area (Å²) in [7, 11) is 1.76. The molecular weight excluding hydrogens is 329 g/mol. The van der Waals surface area contributed by atoms with Gasteiger partial charge in [-0.1, -0.05) is 11.6 Å². The standard InChI is InChI=1S/C18H19ClFN3O/c1-11-9-14(20)10-13-5-4-8-23(17(11)13)16(24)7-6-15-12(2)21-22(3)18(15)19/h6-7,9-10H,4-5,8H2,1-3H3. The van der Waals surface area contributed by atoms with Crippen molar-refractivity contribution in [2.45, 2.75) is 26.7 Å². The molecule has 1 amide bonds. The van der Waals surface area contributed by atoms with E-state index >= 15 is 0 Å². The molecule has 0 unspecified atom stereocenters. The molecule has 4 nitrogen and oxygen atoms in total. The van der Waals surface area contributed by atoms with Crippen LogP contribution in [0.5, 0.6) is 0 Å². The van der Waals surface area contributed by atoms with Crippen molar-refractivity contribution >= 4 is 29.3 Å². The summed E-state index contributed by atoms with van der Waals surface area (Å²) in [5.74, 6) is -0.390. The molecule has 2 aromatic rings. The van der Waals surface area contributed by atoms with Crippen LogP contribution >= 0.6 is 11.6 Å². The molecule has 0 aliphatic carbocycles. The number of benzene rings is 1. The molecule has 0 fully saturated rings. The summed E-state index contributed by atoms with van der Waals surface area (Å²) in [6.07, 6.45) is 4.81. The van der Waals surface area contributed by atoms with Crippen molar-refractivity contribution in [1.82, 2.24) is 9.78 Å². The molecule has 0 saturated heterocycles. The second kappa shape index (κ2) is 6.40. The second-order valence-corrected chi connectivity index (χ2v) is 6.43. The minimum Gasteiger partial charge on any atom is -0.308 e. The summed E-state index contributed by atoms with van der Waals surface area (Å²) >= 11 is 6.19. The Morgan fingerprint density at radius 1 is 1.38 bits per heavy atom. The SMILES string of the molecule is Cc1cc(F)cc2c1N(C(=O)C=Cc1c(C)nn(C)c1Cl)CCC2. The molecule has 0 N–H and O–H groups in total. The fourth-order valence-electron chi connectivity index (χ4n) is 3.22. The fraction of sp³-hybridized carbons (Fsp3) is 0.333. The lowest BCUT2D eigenvalue weighted by atomic mass is 9.98. The first-order valence-corrected chi connectivity index (χ1v) is 8.24. The summed E-state index contributed by atoms with van der Waals surface area (Å²) in [5, 5.41) is 4.72. The Labute approximate surface area is 145 Å².